The summed E-state index contributed by atoms with van der Waals surface area (Å²) in [6, 6.07) is 1.37. The quantitative estimate of drug-likeness (QED) is 0.757. The van der Waals surface area contributed by atoms with Gasteiger partial charge in [-0.1, -0.05) is 0 Å². The molecule has 0 radical (unpaired) electrons. The molecule has 1 atom stereocenters. The highest BCUT2D eigenvalue weighted by Crippen LogP contribution is 2.10. The summed E-state index contributed by atoms with van der Waals surface area (Å²) in [6.45, 7) is 3.55. The van der Waals surface area contributed by atoms with E-state index in [2.05, 4.69) is 20.6 Å². The van der Waals surface area contributed by atoms with Gasteiger partial charge in [-0.2, -0.15) is 0 Å². The van der Waals surface area contributed by atoms with E-state index < -0.39 is 0 Å². The van der Waals surface area contributed by atoms with E-state index in [1.165, 1.54) is 0 Å². The van der Waals surface area contributed by atoms with Crippen LogP contribution in [-0.2, 0) is 4.79 Å². The molecule has 0 aromatic carbocycles. The highest BCUT2D eigenvalue weighted by atomic mass is 35.5. The summed E-state index contributed by atoms with van der Waals surface area (Å²) < 4.78 is 0. The summed E-state index contributed by atoms with van der Waals surface area (Å²) in [5.41, 5.74) is 0.751. The van der Waals surface area contributed by atoms with E-state index >= 15 is 0 Å². The van der Waals surface area contributed by atoms with E-state index in [0.717, 1.165) is 5.69 Å². The molecule has 2 N–H and O–H groups in total. The first-order valence-electron chi connectivity index (χ1n) is 4.52. The van der Waals surface area contributed by atoms with Crippen LogP contribution in [0.1, 0.15) is 12.6 Å². The lowest BCUT2D eigenvalue weighted by molar-refractivity contribution is -0.121. The minimum absolute atomic E-state index is 0.109. The molecule has 82 valence electrons. The van der Waals surface area contributed by atoms with Crippen molar-refractivity contribution in [1.82, 2.24) is 15.3 Å². The fraction of sp³-hybridized carbons (Fsp3) is 0.444. The Balaban J connectivity index is 2.76. The standard InChI is InChI=1S/C9H13ClN4O/c1-5-4-7(14-9(10)12-5)13-6(2)8(15)11-3/h4,6H,1-3H3,(H,11,15)(H,12,13,14). The van der Waals surface area contributed by atoms with E-state index in [-0.39, 0.29) is 17.2 Å². The van der Waals surface area contributed by atoms with Gasteiger partial charge in [0.2, 0.25) is 11.2 Å². The molecule has 0 spiro atoms. The predicted octanol–water partition coefficient (Wildman–Crippen LogP) is 0.985. The number of rotatable bonds is 3. The van der Waals surface area contributed by atoms with Crippen LogP contribution in [0.3, 0.4) is 0 Å². The molecule has 1 heterocycles. The van der Waals surface area contributed by atoms with E-state index in [0.29, 0.717) is 5.82 Å². The number of aryl methyl sites for hydroxylation is 1. The van der Waals surface area contributed by atoms with Crippen molar-refractivity contribution >= 4 is 23.3 Å². The first-order valence-corrected chi connectivity index (χ1v) is 4.90. The van der Waals surface area contributed by atoms with Crippen LogP contribution in [0, 0.1) is 6.92 Å². The van der Waals surface area contributed by atoms with Crippen molar-refractivity contribution in [1.29, 1.82) is 0 Å². The Bertz CT molecular complexity index is 349. The van der Waals surface area contributed by atoms with Gasteiger partial charge in [0, 0.05) is 18.8 Å². The van der Waals surface area contributed by atoms with Gasteiger partial charge < -0.3 is 10.6 Å². The van der Waals surface area contributed by atoms with Crippen molar-refractivity contribution in [3.05, 3.63) is 17.0 Å². The van der Waals surface area contributed by atoms with Crippen molar-refractivity contribution in [2.45, 2.75) is 19.9 Å². The number of likely N-dealkylation sites (N-methyl/N-ethyl adjacent to an activating group) is 1. The fourth-order valence-electron chi connectivity index (χ4n) is 1.11. The Morgan fingerprint density at radius 1 is 1.53 bits per heavy atom. The number of hydrogen-bond acceptors (Lipinski definition) is 4. The molecule has 0 saturated carbocycles. The van der Waals surface area contributed by atoms with Crippen molar-refractivity contribution in [3.8, 4) is 0 Å². The number of nitrogens with zero attached hydrogens (tertiary/aromatic N) is 2. The lowest BCUT2D eigenvalue weighted by Crippen LogP contribution is -2.35. The molecule has 0 aliphatic heterocycles. The minimum Gasteiger partial charge on any atom is -0.358 e. The number of anilines is 1. The zero-order valence-corrected chi connectivity index (χ0v) is 9.59. The van der Waals surface area contributed by atoms with Crippen molar-refractivity contribution in [2.24, 2.45) is 0 Å². The van der Waals surface area contributed by atoms with E-state index in [9.17, 15) is 4.79 Å². The SMILES string of the molecule is CNC(=O)C(C)Nc1cc(C)nc(Cl)n1. The van der Waals surface area contributed by atoms with Crippen LogP contribution in [0.15, 0.2) is 6.07 Å². The van der Waals surface area contributed by atoms with Crippen molar-refractivity contribution < 1.29 is 4.79 Å². The van der Waals surface area contributed by atoms with Crippen LogP contribution in [0.2, 0.25) is 5.28 Å². The summed E-state index contributed by atoms with van der Waals surface area (Å²) in [5, 5.41) is 5.63. The molecule has 0 fully saturated rings. The molecular formula is C9H13ClN4O. The van der Waals surface area contributed by atoms with Crippen LogP contribution < -0.4 is 10.6 Å². The second-order valence-electron chi connectivity index (χ2n) is 3.14. The zero-order chi connectivity index (χ0) is 11.4. The third-order valence-electron chi connectivity index (χ3n) is 1.83. The average Bonchev–Trinajstić information content (AvgIpc) is 2.14. The van der Waals surface area contributed by atoms with Gasteiger partial charge in [-0.05, 0) is 25.4 Å². The molecule has 0 bridgehead atoms. The topological polar surface area (TPSA) is 66.9 Å². The van der Waals surface area contributed by atoms with Gasteiger partial charge in [0.05, 0.1) is 0 Å². The van der Waals surface area contributed by atoms with E-state index in [1.54, 1.807) is 20.0 Å². The van der Waals surface area contributed by atoms with Crippen molar-refractivity contribution in [3.63, 3.8) is 0 Å². The number of nitrogens with one attached hydrogen (secondary N) is 2. The molecular weight excluding hydrogens is 216 g/mol. The second-order valence-corrected chi connectivity index (χ2v) is 3.48. The molecule has 0 saturated heterocycles. The molecule has 1 rings (SSSR count). The average molecular weight is 229 g/mol. The highest BCUT2D eigenvalue weighted by Gasteiger charge is 2.11. The maximum absolute atomic E-state index is 11.2. The number of hydrogen-bond donors (Lipinski definition) is 2. The molecule has 1 aromatic heterocycles. The number of amides is 1. The zero-order valence-electron chi connectivity index (χ0n) is 8.84. The Morgan fingerprint density at radius 3 is 2.73 bits per heavy atom. The van der Waals surface area contributed by atoms with Crippen LogP contribution in [-0.4, -0.2) is 29.0 Å². The van der Waals surface area contributed by atoms with Crippen LogP contribution >= 0.6 is 11.6 Å². The Kier molecular flexibility index (Phi) is 3.85. The van der Waals surface area contributed by atoms with Gasteiger partial charge in [-0.3, -0.25) is 4.79 Å². The van der Waals surface area contributed by atoms with Crippen molar-refractivity contribution in [2.75, 3.05) is 12.4 Å². The molecule has 1 aromatic rings. The normalized spacial score (nSPS) is 12.0. The molecule has 1 unspecified atom stereocenters. The summed E-state index contributed by atoms with van der Waals surface area (Å²) in [5.74, 6) is 0.436. The number of halogens is 1. The third kappa shape index (κ3) is 3.36. The molecule has 0 aliphatic carbocycles. The molecule has 6 heteroatoms. The van der Waals surface area contributed by atoms with E-state index in [1.807, 2.05) is 6.92 Å². The van der Waals surface area contributed by atoms with Gasteiger partial charge in [0.1, 0.15) is 11.9 Å². The number of carbonyl (C=O) groups is 1. The van der Waals surface area contributed by atoms with Gasteiger partial charge >= 0.3 is 0 Å². The number of aromatic nitrogens is 2. The maximum Gasteiger partial charge on any atom is 0.241 e. The lowest BCUT2D eigenvalue weighted by Gasteiger charge is -2.12. The predicted molar refractivity (Wildman–Crippen MR) is 58.9 cm³/mol. The summed E-state index contributed by atoms with van der Waals surface area (Å²) in [4.78, 5) is 19.1. The molecule has 1 amide bonds. The van der Waals surface area contributed by atoms with Crippen LogP contribution in [0.4, 0.5) is 5.82 Å². The molecule has 0 aliphatic rings. The van der Waals surface area contributed by atoms with Gasteiger partial charge in [-0.25, -0.2) is 9.97 Å². The molecule has 5 nitrogen and oxygen atoms in total. The van der Waals surface area contributed by atoms with Crippen LogP contribution in [0.5, 0.6) is 0 Å². The minimum atomic E-state index is -0.361. The van der Waals surface area contributed by atoms with Crippen LogP contribution in [0.25, 0.3) is 0 Å². The monoisotopic (exact) mass is 228 g/mol. The fourth-order valence-corrected chi connectivity index (χ4v) is 1.33. The summed E-state index contributed by atoms with van der Waals surface area (Å²) >= 11 is 5.68. The highest BCUT2D eigenvalue weighted by molar-refractivity contribution is 6.28. The second kappa shape index (κ2) is 4.93. The Morgan fingerprint density at radius 2 is 2.20 bits per heavy atom. The van der Waals surface area contributed by atoms with E-state index in [4.69, 9.17) is 11.6 Å². The molecule has 15 heavy (non-hydrogen) atoms. The van der Waals surface area contributed by atoms with Gasteiger partial charge in [-0.15, -0.1) is 0 Å². The van der Waals surface area contributed by atoms with Gasteiger partial charge in [0.25, 0.3) is 0 Å². The summed E-state index contributed by atoms with van der Waals surface area (Å²) in [6.07, 6.45) is 0. The smallest absolute Gasteiger partial charge is 0.241 e. The first kappa shape index (κ1) is 11.7. The summed E-state index contributed by atoms with van der Waals surface area (Å²) in [7, 11) is 1.58. The Hall–Kier alpha value is -1.36. The number of carbonyl (C=O) groups excluding carboxylic acids is 1. The largest absolute Gasteiger partial charge is 0.358 e. The van der Waals surface area contributed by atoms with Gasteiger partial charge in [0.15, 0.2) is 0 Å². The first-order chi connectivity index (χ1) is 7.02. The Labute approximate surface area is 93.3 Å². The lowest BCUT2D eigenvalue weighted by atomic mass is 10.3. The maximum atomic E-state index is 11.2. The third-order valence-corrected chi connectivity index (χ3v) is 2.00.